The van der Waals surface area contributed by atoms with E-state index >= 15 is 0 Å². The maximum atomic E-state index is 12.5. The second kappa shape index (κ2) is 7.94. The zero-order valence-corrected chi connectivity index (χ0v) is 16.5. The number of hydrogen-bond acceptors (Lipinski definition) is 1. The van der Waals surface area contributed by atoms with Gasteiger partial charge in [-0.3, -0.25) is 4.79 Å². The summed E-state index contributed by atoms with van der Waals surface area (Å²) in [6.07, 6.45) is 2.47. The van der Waals surface area contributed by atoms with Gasteiger partial charge in [0.05, 0.1) is 0 Å². The van der Waals surface area contributed by atoms with Gasteiger partial charge in [0.2, 0.25) is 17.8 Å². The molecule has 2 aromatic carbocycles. The molecule has 0 spiro atoms. The van der Waals surface area contributed by atoms with Crippen molar-refractivity contribution in [2.75, 3.05) is 0 Å². The summed E-state index contributed by atoms with van der Waals surface area (Å²) < 4.78 is 2.03. The molecule has 23 heavy (non-hydrogen) atoms. The zero-order valence-electron chi connectivity index (χ0n) is 13.6. The fourth-order valence-electron chi connectivity index (χ4n) is 2.93. The summed E-state index contributed by atoms with van der Waals surface area (Å²) in [7, 11) is 0. The largest absolute Gasteiger partial charge is 0.292 e. The predicted octanol–water partition coefficient (Wildman–Crippen LogP) is 3.55. The topological polar surface area (TPSA) is 20.9 Å². The third kappa shape index (κ3) is 4.13. The molecule has 1 heterocycles. The van der Waals surface area contributed by atoms with Crippen LogP contribution in [0.4, 0.5) is 0 Å². The fraction of sp³-hybridized carbons (Fsp3) is 0.200. The van der Waals surface area contributed by atoms with Crippen LogP contribution >= 0.6 is 0 Å². The molecule has 2 nitrogen and oxygen atoms in total. The van der Waals surface area contributed by atoms with Crippen LogP contribution in [0.1, 0.15) is 16.7 Å². The number of ketones is 1. The number of para-hydroxylation sites is 1. The first kappa shape index (κ1) is 18.0. The molecule has 3 aromatic rings. The number of hydrogen-bond donors (Lipinski definition) is 0. The molecule has 0 bridgehead atoms. The van der Waals surface area contributed by atoms with E-state index in [1.165, 1.54) is 11.1 Å². The molecule has 0 fully saturated rings. The number of carbonyl (C=O) groups is 1. The molecule has 0 aliphatic carbocycles. The molecule has 1 radical (unpaired) electrons. The van der Waals surface area contributed by atoms with Gasteiger partial charge in [-0.05, 0) is 42.7 Å². The van der Waals surface area contributed by atoms with Crippen LogP contribution in [0, 0.1) is 13.8 Å². The summed E-state index contributed by atoms with van der Waals surface area (Å²) in [4.78, 5) is 12.5. The molecule has 0 saturated carbocycles. The van der Waals surface area contributed by atoms with E-state index in [2.05, 4.69) is 44.2 Å². The Morgan fingerprint density at radius 3 is 2.30 bits per heavy atom. The Balaban J connectivity index is 0.00000192. The molecule has 0 aliphatic heterocycles. The molecule has 0 amide bonds. The quantitative estimate of drug-likeness (QED) is 0.635. The van der Waals surface area contributed by atoms with E-state index in [1.54, 1.807) is 0 Å². The van der Waals surface area contributed by atoms with Crippen LogP contribution in [0.25, 0.3) is 10.9 Å². The Morgan fingerprint density at radius 1 is 0.913 bits per heavy atom. The van der Waals surface area contributed by atoms with Gasteiger partial charge in [-0.1, -0.05) is 30.3 Å². The smallest absolute Gasteiger partial charge is 0.212 e. The van der Waals surface area contributed by atoms with Gasteiger partial charge in [0, 0.05) is 56.6 Å². The molecule has 0 unspecified atom stereocenters. The number of fused-ring (bicyclic) bond motifs is 1. The molecule has 3 rings (SSSR count). The van der Waals surface area contributed by atoms with Gasteiger partial charge >= 0.3 is 0 Å². The maximum absolute atomic E-state index is 12.5. The predicted molar refractivity (Wildman–Crippen MR) is 88.8 cm³/mol. The molecular weight excluding hydrogens is 359 g/mol. The van der Waals surface area contributed by atoms with Crippen LogP contribution in [-0.2, 0) is 50.5 Å². The first-order chi connectivity index (χ1) is 10.6. The maximum Gasteiger partial charge on any atom is 0.212 e. The fourth-order valence-corrected chi connectivity index (χ4v) is 2.93. The zero-order chi connectivity index (χ0) is 15.5. The van der Waals surface area contributed by atoms with Gasteiger partial charge in [-0.15, -0.1) is 0 Å². The van der Waals surface area contributed by atoms with Crippen LogP contribution in [0.15, 0.2) is 60.8 Å². The summed E-state index contributed by atoms with van der Waals surface area (Å²) in [6, 6.07) is 18.4. The van der Waals surface area contributed by atoms with Crippen molar-refractivity contribution in [1.82, 2.24) is 0 Å². The van der Waals surface area contributed by atoms with Crippen molar-refractivity contribution < 1.29 is 42.1 Å². The van der Waals surface area contributed by atoms with Crippen LogP contribution in [0.2, 0.25) is 0 Å². The van der Waals surface area contributed by atoms with Crippen molar-refractivity contribution in [3.8, 4) is 0 Å². The molecular formula is C20H20NOY+. The minimum Gasteiger partial charge on any atom is -0.292 e. The standard InChI is InChI=1S/C20H20NO.Y/c1-15-7-5-8-16(2)19(15)13-18(22)14-21-12-6-10-17-9-3-4-11-20(17)21;/h3-12H,13-14H2,1-2H3;/q+1;. The van der Waals surface area contributed by atoms with Crippen molar-refractivity contribution in [2.45, 2.75) is 26.8 Å². The number of Topliss-reactive ketones (excluding diaryl/α,β-unsaturated/α-hetero) is 1. The van der Waals surface area contributed by atoms with Gasteiger partial charge in [0.1, 0.15) is 0 Å². The first-order valence-electron chi connectivity index (χ1n) is 7.59. The van der Waals surface area contributed by atoms with Gasteiger partial charge in [-0.2, -0.15) is 4.57 Å². The van der Waals surface area contributed by atoms with E-state index in [1.807, 2.05) is 35.0 Å². The Labute approximate surface area is 162 Å². The van der Waals surface area contributed by atoms with E-state index in [0.717, 1.165) is 16.5 Å². The van der Waals surface area contributed by atoms with Crippen LogP contribution < -0.4 is 4.57 Å². The molecule has 0 atom stereocenters. The number of aromatic nitrogens is 1. The van der Waals surface area contributed by atoms with E-state index < -0.39 is 0 Å². The SMILES string of the molecule is Cc1cccc(C)c1CC(=O)C[n+]1cccc2ccccc21.[Y]. The molecule has 3 heteroatoms. The Bertz CT molecular complexity index is 816. The van der Waals surface area contributed by atoms with Gasteiger partial charge in [0.15, 0.2) is 6.20 Å². The van der Waals surface area contributed by atoms with Crippen LogP contribution in [0.3, 0.4) is 0 Å². The summed E-state index contributed by atoms with van der Waals surface area (Å²) in [6.45, 7) is 4.55. The first-order valence-corrected chi connectivity index (χ1v) is 7.59. The average molecular weight is 379 g/mol. The summed E-state index contributed by atoms with van der Waals surface area (Å²) in [5.41, 5.74) is 4.64. The van der Waals surface area contributed by atoms with Crippen molar-refractivity contribution in [3.05, 3.63) is 77.5 Å². The third-order valence-corrected chi connectivity index (χ3v) is 4.15. The summed E-state index contributed by atoms with van der Waals surface area (Å²) >= 11 is 0. The van der Waals surface area contributed by atoms with Gasteiger partial charge in [0.25, 0.3) is 0 Å². The van der Waals surface area contributed by atoms with Crippen LogP contribution in [-0.4, -0.2) is 5.78 Å². The van der Waals surface area contributed by atoms with Gasteiger partial charge in [-0.25, -0.2) is 0 Å². The average Bonchev–Trinajstić information content (AvgIpc) is 2.51. The number of aryl methyl sites for hydroxylation is 2. The normalized spacial score (nSPS) is 10.3. The molecule has 113 valence electrons. The monoisotopic (exact) mass is 379 g/mol. The van der Waals surface area contributed by atoms with Crippen molar-refractivity contribution in [2.24, 2.45) is 0 Å². The number of benzene rings is 2. The van der Waals surface area contributed by atoms with Crippen LogP contribution in [0.5, 0.6) is 0 Å². The number of rotatable bonds is 4. The minimum absolute atomic E-state index is 0. The Kier molecular flexibility index (Phi) is 6.20. The Morgan fingerprint density at radius 2 is 1.57 bits per heavy atom. The van der Waals surface area contributed by atoms with E-state index in [4.69, 9.17) is 0 Å². The van der Waals surface area contributed by atoms with Gasteiger partial charge < -0.3 is 0 Å². The second-order valence-corrected chi connectivity index (χ2v) is 5.78. The second-order valence-electron chi connectivity index (χ2n) is 5.78. The molecule has 0 aliphatic rings. The van der Waals surface area contributed by atoms with Crippen molar-refractivity contribution in [1.29, 1.82) is 0 Å². The third-order valence-electron chi connectivity index (χ3n) is 4.15. The molecule has 0 saturated heterocycles. The number of carbonyl (C=O) groups excluding carboxylic acids is 1. The summed E-state index contributed by atoms with van der Waals surface area (Å²) in [5, 5.41) is 1.16. The van der Waals surface area contributed by atoms with E-state index in [0.29, 0.717) is 13.0 Å². The van der Waals surface area contributed by atoms with E-state index in [-0.39, 0.29) is 38.5 Å². The minimum atomic E-state index is 0. The summed E-state index contributed by atoms with van der Waals surface area (Å²) in [5.74, 6) is 0.235. The molecule has 0 N–H and O–H groups in total. The number of nitrogens with zero attached hydrogens (tertiary/aromatic N) is 1. The molecule has 1 aromatic heterocycles. The van der Waals surface area contributed by atoms with Crippen molar-refractivity contribution >= 4 is 16.7 Å². The van der Waals surface area contributed by atoms with E-state index in [9.17, 15) is 4.79 Å². The Hall–Kier alpha value is -1.38. The van der Waals surface area contributed by atoms with Crippen molar-refractivity contribution in [3.63, 3.8) is 0 Å². The number of pyridine rings is 1.